The van der Waals surface area contributed by atoms with E-state index >= 15 is 0 Å². The summed E-state index contributed by atoms with van der Waals surface area (Å²) in [5.41, 5.74) is 5.46. The minimum atomic E-state index is -0.384. The summed E-state index contributed by atoms with van der Waals surface area (Å²) in [5.74, 6) is 0.904. The van der Waals surface area contributed by atoms with E-state index in [-0.39, 0.29) is 35.8 Å². The molecule has 2 rings (SSSR count). The second-order valence-electron chi connectivity index (χ2n) is 6.88. The Morgan fingerprint density at radius 3 is 2.80 bits per heavy atom. The predicted octanol–water partition coefficient (Wildman–Crippen LogP) is 0.915. The maximum atomic E-state index is 12.1. The Labute approximate surface area is 153 Å². The molecule has 0 aromatic rings. The van der Waals surface area contributed by atoms with Crippen LogP contribution in [0.2, 0.25) is 0 Å². The van der Waals surface area contributed by atoms with Crippen LogP contribution in [0, 0.1) is 0 Å². The van der Waals surface area contributed by atoms with Gasteiger partial charge in [0.2, 0.25) is 5.91 Å². The first-order chi connectivity index (χ1) is 12.0. The van der Waals surface area contributed by atoms with Crippen molar-refractivity contribution in [1.29, 1.82) is 0 Å². The monoisotopic (exact) mass is 370 g/mol. The number of carbonyl (C=O) groups is 3. The zero-order chi connectivity index (χ0) is 18.2. The minimum absolute atomic E-state index is 0.00300. The molecule has 25 heavy (non-hydrogen) atoms. The summed E-state index contributed by atoms with van der Waals surface area (Å²) >= 11 is 1.89. The molecule has 0 bridgehead atoms. The van der Waals surface area contributed by atoms with Crippen molar-refractivity contribution in [2.75, 3.05) is 12.3 Å². The number of fused-ring (bicyclic) bond motifs is 1. The summed E-state index contributed by atoms with van der Waals surface area (Å²) in [7, 11) is 0. The average Bonchev–Trinajstić information content (AvgIpc) is 3.10. The molecule has 2 aliphatic heterocycles. The maximum absolute atomic E-state index is 12.1. The van der Waals surface area contributed by atoms with Gasteiger partial charge in [-0.1, -0.05) is 6.42 Å². The Hall–Kier alpha value is -1.28. The van der Waals surface area contributed by atoms with Crippen molar-refractivity contribution in [1.82, 2.24) is 16.0 Å². The Kier molecular flexibility index (Phi) is 8.02. The highest BCUT2D eigenvalue weighted by Gasteiger charge is 2.42. The number of amides is 3. The number of carbonyl (C=O) groups excluding carboxylic acids is 3. The number of hydrogen-bond acceptors (Lipinski definition) is 5. The van der Waals surface area contributed by atoms with Crippen LogP contribution in [0.4, 0.5) is 4.79 Å². The first-order valence-electron chi connectivity index (χ1n) is 9.19. The number of thioether (sulfide) groups is 1. The van der Waals surface area contributed by atoms with Gasteiger partial charge in [-0.2, -0.15) is 11.8 Å². The highest BCUT2D eigenvalue weighted by molar-refractivity contribution is 8.00. The van der Waals surface area contributed by atoms with Crippen LogP contribution in [0.3, 0.4) is 0 Å². The van der Waals surface area contributed by atoms with Crippen LogP contribution in [0.5, 0.6) is 0 Å². The van der Waals surface area contributed by atoms with Crippen molar-refractivity contribution in [3.63, 3.8) is 0 Å². The normalized spacial score (nSPS) is 25.8. The molecule has 0 aromatic heterocycles. The van der Waals surface area contributed by atoms with Crippen LogP contribution in [-0.2, 0) is 9.59 Å². The molecule has 2 heterocycles. The Bertz CT molecular complexity index is 489. The molecule has 0 saturated carbocycles. The van der Waals surface area contributed by atoms with E-state index < -0.39 is 0 Å². The summed E-state index contributed by atoms with van der Waals surface area (Å²) < 4.78 is 0. The van der Waals surface area contributed by atoms with E-state index in [4.69, 9.17) is 5.73 Å². The lowest BCUT2D eigenvalue weighted by Crippen LogP contribution is -2.39. The fourth-order valence-electron chi connectivity index (χ4n) is 3.41. The molecule has 2 saturated heterocycles. The SMILES string of the molecule is CC(=O)[C@H](CCCCN)NC(=O)CCCC[C@@H]1SC[C@@H]2NC(=O)N[C@@H]21. The van der Waals surface area contributed by atoms with E-state index in [1.54, 1.807) is 0 Å². The number of nitrogens with one attached hydrogen (secondary N) is 3. The minimum Gasteiger partial charge on any atom is -0.346 e. The largest absolute Gasteiger partial charge is 0.346 e. The van der Waals surface area contributed by atoms with Crippen LogP contribution >= 0.6 is 11.8 Å². The van der Waals surface area contributed by atoms with Crippen LogP contribution in [-0.4, -0.2) is 53.4 Å². The Morgan fingerprint density at radius 2 is 2.08 bits per heavy atom. The van der Waals surface area contributed by atoms with Crippen LogP contribution in [0.1, 0.15) is 51.9 Å². The first-order valence-corrected chi connectivity index (χ1v) is 10.2. The van der Waals surface area contributed by atoms with Gasteiger partial charge in [-0.25, -0.2) is 4.79 Å². The van der Waals surface area contributed by atoms with Gasteiger partial charge in [-0.15, -0.1) is 0 Å². The predicted molar refractivity (Wildman–Crippen MR) is 99.5 cm³/mol. The molecule has 0 spiro atoms. The van der Waals surface area contributed by atoms with Crippen LogP contribution in [0.15, 0.2) is 0 Å². The van der Waals surface area contributed by atoms with Crippen molar-refractivity contribution in [2.24, 2.45) is 5.73 Å². The van der Waals surface area contributed by atoms with Crippen molar-refractivity contribution >= 4 is 29.5 Å². The highest BCUT2D eigenvalue weighted by Crippen LogP contribution is 2.33. The van der Waals surface area contributed by atoms with Gasteiger partial charge < -0.3 is 21.7 Å². The van der Waals surface area contributed by atoms with Crippen LogP contribution < -0.4 is 21.7 Å². The molecule has 2 aliphatic rings. The molecule has 0 aromatic carbocycles. The lowest BCUT2D eigenvalue weighted by molar-refractivity contribution is -0.127. The Morgan fingerprint density at radius 1 is 1.28 bits per heavy atom. The summed E-state index contributed by atoms with van der Waals surface area (Å²) in [5, 5.41) is 9.18. The topological polar surface area (TPSA) is 113 Å². The molecule has 8 heteroatoms. The van der Waals surface area contributed by atoms with Crippen molar-refractivity contribution in [3.05, 3.63) is 0 Å². The number of rotatable bonds is 11. The molecular formula is C17H30N4O3S. The molecular weight excluding hydrogens is 340 g/mol. The van der Waals surface area contributed by atoms with E-state index in [1.807, 2.05) is 11.8 Å². The van der Waals surface area contributed by atoms with E-state index in [0.717, 1.165) is 37.9 Å². The second-order valence-corrected chi connectivity index (χ2v) is 8.16. The standard InChI is InChI=1S/C17H30N4O3S/c1-11(22)12(6-4-5-9-18)19-15(23)8-3-2-7-14-16-13(10-25-14)20-17(24)21-16/h12-14,16H,2-10,18H2,1H3,(H,19,23)(H2,20,21,24)/t12-,13-,14-,16-/m0/s1. The smallest absolute Gasteiger partial charge is 0.315 e. The molecule has 3 amide bonds. The molecule has 142 valence electrons. The molecule has 2 fully saturated rings. The third-order valence-corrected chi connectivity index (χ3v) is 6.36. The molecule has 0 radical (unpaired) electrons. The molecule has 4 atom stereocenters. The van der Waals surface area contributed by atoms with Gasteiger partial charge in [0.25, 0.3) is 0 Å². The fraction of sp³-hybridized carbons (Fsp3) is 0.824. The lowest BCUT2D eigenvalue weighted by Gasteiger charge is -2.17. The van der Waals surface area contributed by atoms with E-state index in [1.165, 1.54) is 6.92 Å². The van der Waals surface area contributed by atoms with Gasteiger partial charge >= 0.3 is 6.03 Å². The molecule has 0 unspecified atom stereocenters. The zero-order valence-corrected chi connectivity index (χ0v) is 15.7. The van der Waals surface area contributed by atoms with Crippen molar-refractivity contribution < 1.29 is 14.4 Å². The number of unbranched alkanes of at least 4 members (excludes halogenated alkanes) is 2. The van der Waals surface area contributed by atoms with Gasteiger partial charge in [-0.05, 0) is 45.6 Å². The van der Waals surface area contributed by atoms with E-state index in [0.29, 0.717) is 24.6 Å². The summed E-state index contributed by atoms with van der Waals surface area (Å²) in [6, 6.07) is 0.0150. The number of nitrogens with two attached hydrogens (primary N) is 1. The molecule has 0 aliphatic carbocycles. The van der Waals surface area contributed by atoms with Crippen LogP contribution in [0.25, 0.3) is 0 Å². The van der Waals surface area contributed by atoms with Gasteiger partial charge in [0, 0.05) is 17.4 Å². The van der Waals surface area contributed by atoms with Gasteiger partial charge in [0.15, 0.2) is 5.78 Å². The molecule has 5 N–H and O–H groups in total. The number of ketones is 1. The van der Waals surface area contributed by atoms with Gasteiger partial charge in [0.1, 0.15) is 0 Å². The maximum Gasteiger partial charge on any atom is 0.315 e. The third-order valence-electron chi connectivity index (χ3n) is 4.85. The summed E-state index contributed by atoms with van der Waals surface area (Å²) in [4.78, 5) is 35.0. The quantitative estimate of drug-likeness (QED) is 0.319. The highest BCUT2D eigenvalue weighted by atomic mass is 32.2. The van der Waals surface area contributed by atoms with E-state index in [2.05, 4.69) is 16.0 Å². The summed E-state index contributed by atoms with van der Waals surface area (Å²) in [6.07, 6.45) is 5.56. The van der Waals surface area contributed by atoms with Crippen molar-refractivity contribution in [3.8, 4) is 0 Å². The fourth-order valence-corrected chi connectivity index (χ4v) is 4.95. The van der Waals surface area contributed by atoms with E-state index in [9.17, 15) is 14.4 Å². The van der Waals surface area contributed by atoms with Gasteiger partial charge in [0.05, 0.1) is 18.1 Å². The van der Waals surface area contributed by atoms with Crippen molar-refractivity contribution in [2.45, 2.75) is 75.2 Å². The number of urea groups is 1. The number of hydrogen-bond donors (Lipinski definition) is 4. The Balaban J connectivity index is 1.61. The second kappa shape index (κ2) is 10.0. The first kappa shape index (κ1) is 20.0. The zero-order valence-electron chi connectivity index (χ0n) is 14.9. The number of Topliss-reactive ketones (excluding diaryl/α,β-unsaturated/α-hetero) is 1. The molecule has 7 nitrogen and oxygen atoms in total. The van der Waals surface area contributed by atoms with Gasteiger partial charge in [-0.3, -0.25) is 9.59 Å². The third kappa shape index (κ3) is 6.18. The average molecular weight is 371 g/mol. The lowest BCUT2D eigenvalue weighted by atomic mass is 10.0. The summed E-state index contributed by atoms with van der Waals surface area (Å²) in [6.45, 7) is 2.13.